The van der Waals surface area contributed by atoms with Gasteiger partial charge < -0.3 is 14.8 Å². The van der Waals surface area contributed by atoms with Crippen molar-refractivity contribution in [1.82, 2.24) is 9.21 Å². The largest absolute Gasteiger partial charge is 0.550 e. The fourth-order valence-corrected chi connectivity index (χ4v) is 6.02. The molecule has 2 bridgehead atoms. The highest BCUT2D eigenvalue weighted by Crippen LogP contribution is 2.48. The lowest BCUT2D eigenvalue weighted by Gasteiger charge is -2.38. The molecule has 0 radical (unpaired) electrons. The summed E-state index contributed by atoms with van der Waals surface area (Å²) in [6, 6.07) is 4.62. The van der Waals surface area contributed by atoms with Gasteiger partial charge in [-0.3, -0.25) is 4.79 Å². The van der Waals surface area contributed by atoms with Crippen LogP contribution in [-0.4, -0.2) is 55.7 Å². The van der Waals surface area contributed by atoms with Gasteiger partial charge in [0.15, 0.2) is 0 Å². The van der Waals surface area contributed by atoms with Crippen molar-refractivity contribution in [2.24, 2.45) is 23.7 Å². The third kappa shape index (κ3) is 3.12. The predicted molar refractivity (Wildman–Crippen MR) is 94.5 cm³/mol. The van der Waals surface area contributed by atoms with Gasteiger partial charge in [0, 0.05) is 38.1 Å². The Labute approximate surface area is 162 Å². The Hall–Kier alpha value is -2.26. The van der Waals surface area contributed by atoms with Crippen LogP contribution in [0.2, 0.25) is 0 Å². The Kier molecular flexibility index (Phi) is 4.75. The molecule has 2 fully saturated rings. The monoisotopic (exact) mass is 407 g/mol. The van der Waals surface area contributed by atoms with E-state index >= 15 is 0 Å². The van der Waals surface area contributed by atoms with E-state index in [1.807, 2.05) is 12.2 Å². The zero-order chi connectivity index (χ0) is 20.1. The van der Waals surface area contributed by atoms with E-state index in [1.54, 1.807) is 4.90 Å². The van der Waals surface area contributed by atoms with E-state index in [0.29, 0.717) is 6.42 Å². The van der Waals surface area contributed by atoms with Gasteiger partial charge in [0.2, 0.25) is 15.9 Å². The average molecular weight is 407 g/mol. The summed E-state index contributed by atoms with van der Waals surface area (Å²) in [6.07, 6.45) is 4.40. The molecule has 3 aliphatic rings. The molecule has 4 rings (SSSR count). The van der Waals surface area contributed by atoms with Gasteiger partial charge in [0.1, 0.15) is 5.82 Å². The Morgan fingerprint density at radius 2 is 1.54 bits per heavy atom. The van der Waals surface area contributed by atoms with Crippen LogP contribution >= 0.6 is 0 Å². The summed E-state index contributed by atoms with van der Waals surface area (Å²) in [4.78, 5) is 26.0. The highest BCUT2D eigenvalue weighted by Gasteiger charge is 2.50. The van der Waals surface area contributed by atoms with Crippen LogP contribution in [0, 0.1) is 29.5 Å². The number of rotatable bonds is 4. The van der Waals surface area contributed by atoms with Crippen LogP contribution in [0.25, 0.3) is 0 Å². The number of halogens is 1. The molecule has 7 nitrogen and oxygen atoms in total. The van der Waals surface area contributed by atoms with E-state index in [1.165, 1.54) is 16.4 Å². The Bertz CT molecular complexity index is 922. The number of hydrogen-bond acceptors (Lipinski definition) is 5. The summed E-state index contributed by atoms with van der Waals surface area (Å²) < 4.78 is 39.7. The lowest BCUT2D eigenvalue weighted by molar-refractivity contribution is -0.313. The molecule has 9 heteroatoms. The molecule has 0 aromatic heterocycles. The molecule has 2 aliphatic carbocycles. The first kappa shape index (κ1) is 19.1. The third-order valence-electron chi connectivity index (χ3n) is 6.02. The maximum atomic E-state index is 13.1. The topological polar surface area (TPSA) is 97.8 Å². The van der Waals surface area contributed by atoms with E-state index in [2.05, 4.69) is 0 Å². The van der Waals surface area contributed by atoms with Crippen LogP contribution in [-0.2, 0) is 19.6 Å². The van der Waals surface area contributed by atoms with Gasteiger partial charge in [-0.2, -0.15) is 4.31 Å². The maximum absolute atomic E-state index is 13.1. The van der Waals surface area contributed by atoms with Crippen molar-refractivity contribution >= 4 is 21.9 Å². The van der Waals surface area contributed by atoms with Crippen LogP contribution in [0.5, 0.6) is 0 Å². The number of nitrogens with zero attached hydrogens (tertiary/aromatic N) is 2. The molecule has 1 aromatic carbocycles. The van der Waals surface area contributed by atoms with Crippen molar-refractivity contribution in [3.05, 3.63) is 42.2 Å². The molecule has 1 heterocycles. The molecule has 28 heavy (non-hydrogen) atoms. The highest BCUT2D eigenvalue weighted by molar-refractivity contribution is 7.89. The number of benzene rings is 1. The SMILES string of the molecule is O=C([O-])[C@H]1[C@H](C(=O)N2CCN(S(=O)(=O)c3ccc(F)cc3)CC2)[C@H]2C=C[C@@H]1C2. The second-order valence-electron chi connectivity index (χ2n) is 7.50. The molecule has 4 atom stereocenters. The van der Waals surface area contributed by atoms with Crippen LogP contribution < -0.4 is 5.11 Å². The zero-order valence-corrected chi connectivity index (χ0v) is 15.8. The molecule has 1 aliphatic heterocycles. The van der Waals surface area contributed by atoms with Crippen molar-refractivity contribution in [3.8, 4) is 0 Å². The Morgan fingerprint density at radius 1 is 0.964 bits per heavy atom. The van der Waals surface area contributed by atoms with E-state index in [-0.39, 0.29) is 48.8 Å². The quantitative estimate of drug-likeness (QED) is 0.647. The number of sulfonamides is 1. The number of amides is 1. The van der Waals surface area contributed by atoms with Gasteiger partial charge in [-0.25, -0.2) is 12.8 Å². The number of allylic oxidation sites excluding steroid dienone is 2. The van der Waals surface area contributed by atoms with E-state index in [4.69, 9.17) is 0 Å². The number of hydrogen-bond donors (Lipinski definition) is 0. The summed E-state index contributed by atoms with van der Waals surface area (Å²) in [5, 5.41) is 11.5. The fourth-order valence-electron chi connectivity index (χ4n) is 4.60. The predicted octanol–water partition coefficient (Wildman–Crippen LogP) is -0.153. The second kappa shape index (κ2) is 6.97. The summed E-state index contributed by atoms with van der Waals surface area (Å²) >= 11 is 0. The molecule has 1 amide bonds. The van der Waals surface area contributed by atoms with Gasteiger partial charge in [-0.05, 0) is 42.5 Å². The number of carbonyl (C=O) groups excluding carboxylic acids is 2. The molecule has 150 valence electrons. The zero-order valence-electron chi connectivity index (χ0n) is 15.0. The van der Waals surface area contributed by atoms with Crippen LogP contribution in [0.3, 0.4) is 0 Å². The third-order valence-corrected chi connectivity index (χ3v) is 7.93. The fraction of sp³-hybridized carbons (Fsp3) is 0.474. The summed E-state index contributed by atoms with van der Waals surface area (Å²) in [7, 11) is -3.77. The lowest BCUT2D eigenvalue weighted by atomic mass is 9.82. The molecule has 1 saturated carbocycles. The first-order chi connectivity index (χ1) is 13.3. The average Bonchev–Trinajstić information content (AvgIpc) is 3.29. The molecule has 1 aromatic rings. The molecule has 0 spiro atoms. The van der Waals surface area contributed by atoms with Crippen LogP contribution in [0.15, 0.2) is 41.3 Å². The van der Waals surface area contributed by atoms with Crippen molar-refractivity contribution in [2.75, 3.05) is 26.2 Å². The van der Waals surface area contributed by atoms with Gasteiger partial charge in [-0.1, -0.05) is 12.2 Å². The molecular weight excluding hydrogens is 387 g/mol. The van der Waals surface area contributed by atoms with Crippen LogP contribution in [0.4, 0.5) is 4.39 Å². The molecule has 0 unspecified atom stereocenters. The standard InChI is InChI=1S/C19H21FN2O5S/c20-14-3-5-15(6-4-14)28(26,27)22-9-7-21(8-10-22)18(23)16-12-1-2-13(11-12)17(16)19(24)25/h1-6,12-13,16-17H,7-11H2,(H,24,25)/p-1/t12-,13+,16+,17+/m0/s1. The normalized spacial score (nSPS) is 30.0. The van der Waals surface area contributed by atoms with E-state index in [9.17, 15) is 27.5 Å². The van der Waals surface area contributed by atoms with Gasteiger partial charge in [-0.15, -0.1) is 0 Å². The number of carbonyl (C=O) groups is 2. The van der Waals surface area contributed by atoms with Gasteiger partial charge in [0.25, 0.3) is 0 Å². The number of carboxylic acids is 1. The summed E-state index contributed by atoms with van der Waals surface area (Å²) in [5.41, 5.74) is 0. The minimum atomic E-state index is -3.77. The number of piperazine rings is 1. The highest BCUT2D eigenvalue weighted by atomic mass is 32.2. The van der Waals surface area contributed by atoms with E-state index in [0.717, 1.165) is 12.1 Å². The second-order valence-corrected chi connectivity index (χ2v) is 9.44. The van der Waals surface area contributed by atoms with Gasteiger partial charge in [0.05, 0.1) is 10.8 Å². The van der Waals surface area contributed by atoms with Gasteiger partial charge >= 0.3 is 0 Å². The van der Waals surface area contributed by atoms with E-state index < -0.39 is 33.6 Å². The van der Waals surface area contributed by atoms with Crippen molar-refractivity contribution in [1.29, 1.82) is 0 Å². The number of aliphatic carboxylic acids is 1. The minimum absolute atomic E-state index is 0.00364. The first-order valence-electron chi connectivity index (χ1n) is 9.23. The first-order valence-corrected chi connectivity index (χ1v) is 10.7. The molecular formula is C19H20FN2O5S-. The molecule has 0 N–H and O–H groups in total. The van der Waals surface area contributed by atoms with Crippen molar-refractivity contribution < 1.29 is 27.5 Å². The minimum Gasteiger partial charge on any atom is -0.550 e. The van der Waals surface area contributed by atoms with Crippen LogP contribution in [0.1, 0.15) is 6.42 Å². The summed E-state index contributed by atoms with van der Waals surface area (Å²) in [6.45, 7) is 0.601. The lowest BCUT2D eigenvalue weighted by Crippen LogP contribution is -2.54. The number of carboxylic acid groups (broad SMARTS) is 1. The van der Waals surface area contributed by atoms with Crippen molar-refractivity contribution in [3.63, 3.8) is 0 Å². The Balaban J connectivity index is 1.44. The summed E-state index contributed by atoms with van der Waals surface area (Å²) in [5.74, 6) is -3.68. The van der Waals surface area contributed by atoms with Crippen molar-refractivity contribution in [2.45, 2.75) is 11.3 Å². The Morgan fingerprint density at radius 3 is 2.11 bits per heavy atom. The number of fused-ring (bicyclic) bond motifs is 2. The maximum Gasteiger partial charge on any atom is 0.243 e. The molecule has 1 saturated heterocycles. The smallest absolute Gasteiger partial charge is 0.243 e.